The van der Waals surface area contributed by atoms with E-state index in [2.05, 4.69) is 20.2 Å². The third kappa shape index (κ3) is 2.26. The molecule has 116 valence electrons. The maximum atomic E-state index is 12.8. The van der Waals surface area contributed by atoms with Gasteiger partial charge in [-0.3, -0.25) is 4.68 Å². The molecule has 0 atom stereocenters. The largest absolute Gasteiger partial charge is 0.435 e. The van der Waals surface area contributed by atoms with Crippen LogP contribution in [0.5, 0.6) is 0 Å². The minimum absolute atomic E-state index is 0.272. The molecule has 0 saturated carbocycles. The van der Waals surface area contributed by atoms with Gasteiger partial charge >= 0.3 is 6.18 Å². The Hall–Kier alpha value is -2.65. The minimum atomic E-state index is -4.51. The van der Waals surface area contributed by atoms with Crippen LogP contribution in [0.1, 0.15) is 5.69 Å². The Balaban J connectivity index is 2.25. The van der Waals surface area contributed by atoms with Crippen LogP contribution < -0.4 is 4.90 Å². The molecule has 3 aromatic rings. The molecule has 0 fully saturated rings. The summed E-state index contributed by atoms with van der Waals surface area (Å²) in [4.78, 5) is 10.0. The van der Waals surface area contributed by atoms with Gasteiger partial charge in [-0.05, 0) is 6.07 Å². The Morgan fingerprint density at radius 2 is 1.86 bits per heavy atom. The highest BCUT2D eigenvalue weighted by Crippen LogP contribution is 2.32. The van der Waals surface area contributed by atoms with Crippen LogP contribution in [0.25, 0.3) is 17.2 Å². The number of alkyl halides is 3. The van der Waals surface area contributed by atoms with Crippen LogP contribution in [0.3, 0.4) is 0 Å². The van der Waals surface area contributed by atoms with Crippen LogP contribution >= 0.6 is 0 Å². The lowest BCUT2D eigenvalue weighted by atomic mass is 10.2. The zero-order chi connectivity index (χ0) is 16.1. The number of halogens is 3. The predicted molar refractivity (Wildman–Crippen MR) is 72.3 cm³/mol. The van der Waals surface area contributed by atoms with Crippen molar-refractivity contribution in [2.24, 2.45) is 7.05 Å². The van der Waals surface area contributed by atoms with Gasteiger partial charge in [0.15, 0.2) is 5.69 Å². The summed E-state index contributed by atoms with van der Waals surface area (Å²) in [5, 5.41) is 7.53. The van der Waals surface area contributed by atoms with Crippen molar-refractivity contribution in [2.45, 2.75) is 6.18 Å². The SMILES string of the molecule is CN(C)c1cc(-c2cc(C(F)(F)F)nn2C)n2ncnc2n1. The summed E-state index contributed by atoms with van der Waals surface area (Å²) in [6, 6.07) is 2.62. The number of nitrogens with zero attached hydrogens (tertiary/aromatic N) is 7. The zero-order valence-corrected chi connectivity index (χ0v) is 12.0. The summed E-state index contributed by atoms with van der Waals surface area (Å²) >= 11 is 0. The summed E-state index contributed by atoms with van der Waals surface area (Å²) in [7, 11) is 5.01. The summed E-state index contributed by atoms with van der Waals surface area (Å²) in [5.41, 5.74) is -0.258. The van der Waals surface area contributed by atoms with Gasteiger partial charge in [0, 0.05) is 27.2 Å². The third-order valence-corrected chi connectivity index (χ3v) is 3.13. The average molecular weight is 311 g/mol. The van der Waals surface area contributed by atoms with Gasteiger partial charge in [0.1, 0.15) is 12.1 Å². The topological polar surface area (TPSA) is 64.1 Å². The molecule has 0 bridgehead atoms. The summed E-state index contributed by atoms with van der Waals surface area (Å²) in [5.74, 6) is 0.862. The number of aryl methyl sites for hydroxylation is 1. The molecule has 0 aliphatic rings. The van der Waals surface area contributed by atoms with Crippen molar-refractivity contribution >= 4 is 11.6 Å². The molecule has 0 aliphatic heterocycles. The second-order valence-corrected chi connectivity index (χ2v) is 4.90. The van der Waals surface area contributed by atoms with Gasteiger partial charge in [-0.25, -0.2) is 0 Å². The lowest BCUT2D eigenvalue weighted by molar-refractivity contribution is -0.141. The lowest BCUT2D eigenvalue weighted by Gasteiger charge is -2.13. The van der Waals surface area contributed by atoms with E-state index in [1.54, 1.807) is 25.1 Å². The van der Waals surface area contributed by atoms with E-state index in [0.717, 1.165) is 6.07 Å². The van der Waals surface area contributed by atoms with Crippen LogP contribution in [0.15, 0.2) is 18.5 Å². The molecule has 0 radical (unpaired) electrons. The van der Waals surface area contributed by atoms with Crippen LogP contribution in [0.4, 0.5) is 19.0 Å². The fourth-order valence-electron chi connectivity index (χ4n) is 2.06. The number of rotatable bonds is 2. The summed E-state index contributed by atoms with van der Waals surface area (Å²) in [6.07, 6.45) is -3.21. The maximum absolute atomic E-state index is 12.8. The van der Waals surface area contributed by atoms with Crippen molar-refractivity contribution < 1.29 is 13.2 Å². The van der Waals surface area contributed by atoms with E-state index in [1.165, 1.54) is 22.6 Å². The van der Waals surface area contributed by atoms with E-state index in [4.69, 9.17) is 0 Å². The summed E-state index contributed by atoms with van der Waals surface area (Å²) < 4.78 is 41.0. The molecule has 0 saturated heterocycles. The molecule has 10 heteroatoms. The van der Waals surface area contributed by atoms with Crippen LogP contribution in [0, 0.1) is 0 Å². The minimum Gasteiger partial charge on any atom is -0.363 e. The smallest absolute Gasteiger partial charge is 0.363 e. The number of aromatic nitrogens is 6. The van der Waals surface area contributed by atoms with Crippen LogP contribution in [0.2, 0.25) is 0 Å². The van der Waals surface area contributed by atoms with Crippen LogP contribution in [-0.4, -0.2) is 43.5 Å². The van der Waals surface area contributed by atoms with Crippen molar-refractivity contribution in [2.75, 3.05) is 19.0 Å². The third-order valence-electron chi connectivity index (χ3n) is 3.13. The first-order valence-electron chi connectivity index (χ1n) is 6.27. The highest BCUT2D eigenvalue weighted by atomic mass is 19.4. The molecule has 0 N–H and O–H groups in total. The van der Waals surface area contributed by atoms with E-state index < -0.39 is 11.9 Å². The molecule has 3 heterocycles. The Morgan fingerprint density at radius 3 is 2.45 bits per heavy atom. The molecular formula is C12H12F3N7. The monoisotopic (exact) mass is 311 g/mol. The zero-order valence-electron chi connectivity index (χ0n) is 12.0. The molecule has 0 amide bonds. The molecule has 7 nitrogen and oxygen atoms in total. The number of hydrogen-bond donors (Lipinski definition) is 0. The Kier molecular flexibility index (Phi) is 3.04. The average Bonchev–Trinajstić information content (AvgIpc) is 3.02. The van der Waals surface area contributed by atoms with E-state index >= 15 is 0 Å². The van der Waals surface area contributed by atoms with Crippen molar-refractivity contribution in [3.8, 4) is 11.4 Å². The molecule has 22 heavy (non-hydrogen) atoms. The number of hydrogen-bond acceptors (Lipinski definition) is 5. The summed E-state index contributed by atoms with van der Waals surface area (Å²) in [6.45, 7) is 0. The highest BCUT2D eigenvalue weighted by molar-refractivity contribution is 5.63. The molecule has 0 spiro atoms. The van der Waals surface area contributed by atoms with Gasteiger partial charge in [0.05, 0.1) is 11.4 Å². The van der Waals surface area contributed by atoms with Crippen molar-refractivity contribution in [1.29, 1.82) is 0 Å². The highest BCUT2D eigenvalue weighted by Gasteiger charge is 2.35. The predicted octanol–water partition coefficient (Wildman–Crippen LogP) is 1.61. The molecule has 3 aromatic heterocycles. The van der Waals surface area contributed by atoms with Crippen LogP contribution in [-0.2, 0) is 13.2 Å². The second-order valence-electron chi connectivity index (χ2n) is 4.90. The van der Waals surface area contributed by atoms with Gasteiger partial charge in [-0.15, -0.1) is 0 Å². The Bertz CT molecular complexity index is 831. The van der Waals surface area contributed by atoms with Crippen molar-refractivity contribution in [1.82, 2.24) is 29.4 Å². The standard InChI is InChI=1S/C12H12F3N7/c1-20(2)10-5-8(22-11(18-10)16-6-17-22)7-4-9(12(13,14)15)19-21(7)3/h4-6H,1-3H3. The molecular weight excluding hydrogens is 299 g/mol. The number of anilines is 1. The fraction of sp³-hybridized carbons (Fsp3) is 0.333. The quantitative estimate of drug-likeness (QED) is 0.719. The van der Waals surface area contributed by atoms with Gasteiger partial charge < -0.3 is 4.90 Å². The normalized spacial score (nSPS) is 12.1. The molecule has 0 aliphatic carbocycles. The van der Waals surface area contributed by atoms with E-state index in [-0.39, 0.29) is 5.69 Å². The van der Waals surface area contributed by atoms with E-state index in [9.17, 15) is 13.2 Å². The lowest BCUT2D eigenvalue weighted by Crippen LogP contribution is -2.13. The van der Waals surface area contributed by atoms with Gasteiger partial charge in [0.2, 0.25) is 0 Å². The first kappa shape index (κ1) is 14.3. The van der Waals surface area contributed by atoms with E-state index in [0.29, 0.717) is 17.3 Å². The molecule has 0 aromatic carbocycles. The first-order valence-corrected chi connectivity index (χ1v) is 6.27. The van der Waals surface area contributed by atoms with Crippen molar-refractivity contribution in [3.05, 3.63) is 24.2 Å². The van der Waals surface area contributed by atoms with Gasteiger partial charge in [-0.1, -0.05) is 0 Å². The van der Waals surface area contributed by atoms with E-state index in [1.807, 2.05) is 0 Å². The Morgan fingerprint density at radius 1 is 1.14 bits per heavy atom. The second kappa shape index (κ2) is 4.68. The number of fused-ring (bicyclic) bond motifs is 1. The van der Waals surface area contributed by atoms with Gasteiger partial charge in [0.25, 0.3) is 5.78 Å². The van der Waals surface area contributed by atoms with Crippen molar-refractivity contribution in [3.63, 3.8) is 0 Å². The fourth-order valence-corrected chi connectivity index (χ4v) is 2.06. The Labute approximate surface area is 123 Å². The van der Waals surface area contributed by atoms with Gasteiger partial charge in [-0.2, -0.15) is 37.9 Å². The molecule has 0 unspecified atom stereocenters. The first-order chi connectivity index (χ1) is 10.3. The molecule has 3 rings (SSSR count). The maximum Gasteiger partial charge on any atom is 0.435 e.